The Morgan fingerprint density at radius 3 is 2.07 bits per heavy atom. The molecule has 3 aromatic rings. The van der Waals surface area contributed by atoms with Crippen LogP contribution in [0.1, 0.15) is 33.2 Å². The summed E-state index contributed by atoms with van der Waals surface area (Å²) in [6.45, 7) is 1.90. The summed E-state index contributed by atoms with van der Waals surface area (Å²) in [7, 11) is -2.18. The van der Waals surface area contributed by atoms with Crippen LogP contribution in [0.2, 0.25) is 0 Å². The van der Waals surface area contributed by atoms with Gasteiger partial charge in [-0.3, -0.25) is 4.79 Å². The van der Waals surface area contributed by atoms with Crippen LogP contribution in [-0.4, -0.2) is 21.3 Å². The minimum Gasteiger partial charge on any atom is -0.497 e. The highest BCUT2D eigenvalue weighted by Gasteiger charge is 2.31. The zero-order valence-corrected chi connectivity index (χ0v) is 16.6. The third-order valence-corrected chi connectivity index (χ3v) is 6.80. The minimum absolute atomic E-state index is 0.132. The van der Waals surface area contributed by atoms with E-state index in [1.807, 2.05) is 13.0 Å². The van der Waals surface area contributed by atoms with Gasteiger partial charge in [-0.1, -0.05) is 48.0 Å². The summed E-state index contributed by atoms with van der Waals surface area (Å²) in [6.07, 6.45) is -0.132. The van der Waals surface area contributed by atoms with E-state index in [4.69, 9.17) is 4.74 Å². The molecule has 5 heteroatoms. The van der Waals surface area contributed by atoms with E-state index >= 15 is 0 Å². The van der Waals surface area contributed by atoms with E-state index in [9.17, 15) is 13.2 Å². The molecule has 0 radical (unpaired) electrons. The Kier molecular flexibility index (Phi) is 5.95. The van der Waals surface area contributed by atoms with E-state index in [0.29, 0.717) is 16.9 Å². The fourth-order valence-corrected chi connectivity index (χ4v) is 4.76. The molecule has 0 aliphatic carbocycles. The van der Waals surface area contributed by atoms with E-state index in [-0.39, 0.29) is 17.1 Å². The number of hydrogen-bond donors (Lipinski definition) is 0. The highest BCUT2D eigenvalue weighted by Crippen LogP contribution is 2.33. The summed E-state index contributed by atoms with van der Waals surface area (Å²) in [5, 5.41) is -0.953. The van der Waals surface area contributed by atoms with Gasteiger partial charge < -0.3 is 4.74 Å². The second-order valence-corrected chi connectivity index (χ2v) is 8.74. The molecule has 0 aromatic heterocycles. The first-order valence-electron chi connectivity index (χ1n) is 8.94. The highest BCUT2D eigenvalue weighted by atomic mass is 32.2. The Hall–Kier alpha value is -2.92. The van der Waals surface area contributed by atoms with Gasteiger partial charge in [0.05, 0.1) is 17.3 Å². The molecule has 0 amide bonds. The molecule has 0 unspecified atom stereocenters. The van der Waals surface area contributed by atoms with Gasteiger partial charge in [-0.25, -0.2) is 8.42 Å². The number of sulfone groups is 1. The van der Waals surface area contributed by atoms with Crippen molar-refractivity contribution in [2.24, 2.45) is 0 Å². The molecular formula is C23H22O4S. The monoisotopic (exact) mass is 394 g/mol. The Morgan fingerprint density at radius 1 is 0.893 bits per heavy atom. The van der Waals surface area contributed by atoms with Crippen LogP contribution in [-0.2, 0) is 9.84 Å². The van der Waals surface area contributed by atoms with Crippen molar-refractivity contribution in [1.29, 1.82) is 0 Å². The third-order valence-electron chi connectivity index (χ3n) is 4.68. The van der Waals surface area contributed by atoms with Crippen LogP contribution >= 0.6 is 0 Å². The summed E-state index contributed by atoms with van der Waals surface area (Å²) < 4.78 is 31.8. The van der Waals surface area contributed by atoms with E-state index in [1.54, 1.807) is 79.9 Å². The lowest BCUT2D eigenvalue weighted by Crippen LogP contribution is -2.18. The average Bonchev–Trinajstić information content (AvgIpc) is 2.72. The maximum Gasteiger partial charge on any atom is 0.185 e. The van der Waals surface area contributed by atoms with Crippen molar-refractivity contribution in [3.63, 3.8) is 0 Å². The normalized spacial score (nSPS) is 12.4. The number of benzene rings is 3. The number of aryl methyl sites for hydroxylation is 1. The number of ketones is 1. The van der Waals surface area contributed by atoms with Crippen molar-refractivity contribution in [3.05, 3.63) is 95.6 Å². The number of hydrogen-bond acceptors (Lipinski definition) is 4. The predicted molar refractivity (Wildman–Crippen MR) is 109 cm³/mol. The topological polar surface area (TPSA) is 60.4 Å². The van der Waals surface area contributed by atoms with Crippen LogP contribution in [0.25, 0.3) is 0 Å². The largest absolute Gasteiger partial charge is 0.497 e. The predicted octanol–water partition coefficient (Wildman–Crippen LogP) is 4.79. The maximum absolute atomic E-state index is 13.3. The molecule has 3 aromatic carbocycles. The van der Waals surface area contributed by atoms with Gasteiger partial charge in [-0.05, 0) is 48.9 Å². The lowest BCUT2D eigenvalue weighted by Gasteiger charge is -2.18. The average molecular weight is 394 g/mol. The molecular weight excluding hydrogens is 372 g/mol. The van der Waals surface area contributed by atoms with Crippen molar-refractivity contribution in [1.82, 2.24) is 0 Å². The molecule has 0 heterocycles. The summed E-state index contributed by atoms with van der Waals surface area (Å²) in [4.78, 5) is 13.1. The second-order valence-electron chi connectivity index (χ2n) is 6.61. The van der Waals surface area contributed by atoms with Gasteiger partial charge in [0.1, 0.15) is 5.75 Å². The molecule has 0 spiro atoms. The van der Waals surface area contributed by atoms with Crippen molar-refractivity contribution < 1.29 is 17.9 Å². The SMILES string of the molecule is COc1ccc(C(=O)C[C@H](c2ccccc2)S(=O)(=O)c2ccc(C)cc2)cc1. The van der Waals surface area contributed by atoms with Crippen molar-refractivity contribution in [2.75, 3.05) is 7.11 Å². The molecule has 0 aliphatic rings. The molecule has 0 saturated carbocycles. The molecule has 1 atom stereocenters. The molecule has 0 N–H and O–H groups in total. The van der Waals surface area contributed by atoms with Crippen LogP contribution in [0.3, 0.4) is 0 Å². The first-order chi connectivity index (χ1) is 13.4. The summed E-state index contributed by atoms with van der Waals surface area (Å²) in [5.41, 5.74) is 2.04. The van der Waals surface area contributed by atoms with Crippen molar-refractivity contribution in [3.8, 4) is 5.75 Å². The number of rotatable bonds is 7. The molecule has 0 fully saturated rings. The lowest BCUT2D eigenvalue weighted by molar-refractivity contribution is 0.0980. The lowest BCUT2D eigenvalue weighted by atomic mass is 10.0. The fraction of sp³-hybridized carbons (Fsp3) is 0.174. The van der Waals surface area contributed by atoms with Crippen LogP contribution in [0.5, 0.6) is 5.75 Å². The summed E-state index contributed by atoms with van der Waals surface area (Å²) >= 11 is 0. The van der Waals surface area contributed by atoms with Crippen LogP contribution in [0.15, 0.2) is 83.8 Å². The van der Waals surface area contributed by atoms with E-state index in [2.05, 4.69) is 0 Å². The van der Waals surface area contributed by atoms with Gasteiger partial charge in [0.25, 0.3) is 0 Å². The van der Waals surface area contributed by atoms with Crippen LogP contribution in [0, 0.1) is 6.92 Å². The quantitative estimate of drug-likeness (QED) is 0.541. The number of methoxy groups -OCH3 is 1. The third kappa shape index (κ3) is 4.31. The standard InChI is InChI=1S/C23H22O4S/c1-17-8-14-21(15-9-17)28(25,26)23(19-6-4-3-5-7-19)16-22(24)18-10-12-20(27-2)13-11-18/h3-15,23H,16H2,1-2H3/t23-/m1/s1. The zero-order valence-electron chi connectivity index (χ0n) is 15.8. The van der Waals surface area contributed by atoms with Gasteiger partial charge in [0.2, 0.25) is 0 Å². The number of ether oxygens (including phenoxy) is 1. The fourth-order valence-electron chi connectivity index (χ4n) is 3.03. The van der Waals surface area contributed by atoms with Gasteiger partial charge >= 0.3 is 0 Å². The number of carbonyl (C=O) groups is 1. The van der Waals surface area contributed by atoms with E-state index in [1.165, 1.54) is 0 Å². The second kappa shape index (κ2) is 8.40. The molecule has 0 bridgehead atoms. The summed E-state index contributed by atoms with van der Waals surface area (Å²) in [6, 6.07) is 22.3. The first kappa shape index (κ1) is 19.8. The Morgan fingerprint density at radius 2 is 1.50 bits per heavy atom. The molecule has 3 rings (SSSR count). The van der Waals surface area contributed by atoms with Gasteiger partial charge in [0, 0.05) is 12.0 Å². The number of Topliss-reactive ketones (excluding diaryl/α,β-unsaturated/α-hetero) is 1. The van der Waals surface area contributed by atoms with Gasteiger partial charge in [-0.15, -0.1) is 0 Å². The molecule has 144 valence electrons. The molecule has 28 heavy (non-hydrogen) atoms. The van der Waals surface area contributed by atoms with Gasteiger partial charge in [0.15, 0.2) is 15.6 Å². The maximum atomic E-state index is 13.3. The Balaban J connectivity index is 1.97. The van der Waals surface area contributed by atoms with Gasteiger partial charge in [-0.2, -0.15) is 0 Å². The Labute approximate surface area is 165 Å². The highest BCUT2D eigenvalue weighted by molar-refractivity contribution is 7.91. The van der Waals surface area contributed by atoms with Crippen molar-refractivity contribution >= 4 is 15.6 Å². The van der Waals surface area contributed by atoms with Crippen LogP contribution in [0.4, 0.5) is 0 Å². The summed E-state index contributed by atoms with van der Waals surface area (Å²) in [5.74, 6) is 0.413. The minimum atomic E-state index is -3.73. The Bertz CT molecular complexity index is 1040. The number of carbonyl (C=O) groups excluding carboxylic acids is 1. The van der Waals surface area contributed by atoms with Crippen molar-refractivity contribution in [2.45, 2.75) is 23.5 Å². The van der Waals surface area contributed by atoms with E-state index < -0.39 is 15.1 Å². The van der Waals surface area contributed by atoms with Crippen LogP contribution < -0.4 is 4.74 Å². The zero-order chi connectivity index (χ0) is 20.1. The smallest absolute Gasteiger partial charge is 0.185 e. The first-order valence-corrected chi connectivity index (χ1v) is 10.5. The van der Waals surface area contributed by atoms with E-state index in [0.717, 1.165) is 5.56 Å². The molecule has 0 aliphatic heterocycles. The molecule has 0 saturated heterocycles. The molecule has 4 nitrogen and oxygen atoms in total.